The van der Waals surface area contributed by atoms with Crippen molar-refractivity contribution < 1.29 is 27.7 Å². The summed E-state index contributed by atoms with van der Waals surface area (Å²) in [6.07, 6.45) is 1.48. The molecular weight excluding hydrogens is 428 g/mol. The van der Waals surface area contributed by atoms with Crippen molar-refractivity contribution in [3.63, 3.8) is 0 Å². The molecule has 0 aromatic heterocycles. The van der Waals surface area contributed by atoms with E-state index in [9.17, 15) is 17.8 Å². The van der Waals surface area contributed by atoms with Crippen molar-refractivity contribution in [2.24, 2.45) is 17.6 Å². The van der Waals surface area contributed by atoms with Crippen molar-refractivity contribution in [2.45, 2.75) is 51.5 Å². The molecular formula is C24H36N2O5S. The summed E-state index contributed by atoms with van der Waals surface area (Å²) in [7, 11) is -3.60. The molecule has 7 nitrogen and oxygen atoms in total. The Kier molecular flexibility index (Phi) is 10.0. The highest BCUT2D eigenvalue weighted by atomic mass is 32.3. The number of nitrogens with two attached hydrogens (primary N) is 1. The van der Waals surface area contributed by atoms with Gasteiger partial charge in [-0.2, -0.15) is 0 Å². The summed E-state index contributed by atoms with van der Waals surface area (Å²) in [5, 5.41) is 0. The number of primary amides is 1. The molecule has 0 fully saturated rings. The molecule has 5 N–H and O–H groups in total. The summed E-state index contributed by atoms with van der Waals surface area (Å²) in [4.78, 5) is 12.9. The fourth-order valence-corrected chi connectivity index (χ4v) is 3.97. The van der Waals surface area contributed by atoms with Crippen molar-refractivity contribution in [3.05, 3.63) is 71.8 Å². The highest BCUT2D eigenvalue weighted by Crippen LogP contribution is 2.40. The average Bonchev–Trinajstić information content (AvgIpc) is 2.75. The largest absolute Gasteiger partial charge is 0.726 e. The predicted molar refractivity (Wildman–Crippen MR) is 124 cm³/mol. The summed E-state index contributed by atoms with van der Waals surface area (Å²) >= 11 is 0. The van der Waals surface area contributed by atoms with Crippen LogP contribution in [0.15, 0.2) is 60.7 Å². The lowest BCUT2D eigenvalue weighted by molar-refractivity contribution is -0.505. The van der Waals surface area contributed by atoms with E-state index in [-0.39, 0.29) is 11.4 Å². The number of benzene rings is 2. The van der Waals surface area contributed by atoms with E-state index in [4.69, 9.17) is 5.73 Å². The lowest BCUT2D eigenvalue weighted by Gasteiger charge is -2.39. The van der Waals surface area contributed by atoms with E-state index in [1.165, 1.54) is 0 Å². The van der Waals surface area contributed by atoms with Crippen molar-refractivity contribution in [1.29, 1.82) is 0 Å². The lowest BCUT2D eigenvalue weighted by Crippen LogP contribution is -2.78. The number of carbonyl (C=O) groups is 1. The smallest absolute Gasteiger partial charge is 0.232 e. The standard InChI is InChI=1S/C23H32N2O.CH4O4S/c1-17(2)23(25,18(3)4)16-15-22(21(24)26,19-11-7-5-8-12-19)20-13-9-6-10-14-20;1-5-6(2,3)4/h5-14,17-18H,15-16,25H2,1-4H3,(H2,24,26);1H3,(H,2,3,4). The molecule has 0 aliphatic heterocycles. The number of quaternary nitrogens is 1. The second kappa shape index (κ2) is 11.6. The fourth-order valence-electron chi connectivity index (χ4n) is 3.97. The van der Waals surface area contributed by atoms with Gasteiger partial charge in [0.25, 0.3) is 0 Å². The molecule has 0 saturated heterocycles. The second-order valence-corrected chi connectivity index (χ2v) is 9.77. The Labute approximate surface area is 192 Å². The molecule has 2 rings (SSSR count). The molecule has 0 radical (unpaired) electrons. The maximum absolute atomic E-state index is 12.9. The summed E-state index contributed by atoms with van der Waals surface area (Å²) in [5.74, 6) is 0.531. The molecule has 32 heavy (non-hydrogen) atoms. The van der Waals surface area contributed by atoms with Crippen LogP contribution in [0.25, 0.3) is 0 Å². The fraction of sp³-hybridized carbons (Fsp3) is 0.458. The molecule has 2 aromatic carbocycles. The van der Waals surface area contributed by atoms with Crippen LogP contribution in [0.1, 0.15) is 51.7 Å². The Morgan fingerprint density at radius 2 is 1.28 bits per heavy atom. The number of hydrogen-bond acceptors (Lipinski definition) is 5. The third kappa shape index (κ3) is 6.87. The van der Waals surface area contributed by atoms with Gasteiger partial charge < -0.3 is 16.0 Å². The zero-order valence-electron chi connectivity index (χ0n) is 19.6. The van der Waals surface area contributed by atoms with E-state index >= 15 is 0 Å². The van der Waals surface area contributed by atoms with Gasteiger partial charge in [-0.05, 0) is 17.5 Å². The number of carbonyl (C=O) groups excluding carboxylic acids is 1. The van der Waals surface area contributed by atoms with E-state index in [2.05, 4.69) is 37.6 Å². The SMILES string of the molecule is CC(C)C([NH3+])(CCC(C(N)=O)(c1ccccc1)c1ccccc1)C(C)C.COS(=O)(=O)[O-]. The molecule has 178 valence electrons. The maximum Gasteiger partial charge on any atom is 0.232 e. The van der Waals surface area contributed by atoms with Crippen molar-refractivity contribution >= 4 is 16.3 Å². The Bertz CT molecular complexity index is 897. The molecule has 8 heteroatoms. The summed E-state index contributed by atoms with van der Waals surface area (Å²) < 4.78 is 31.0. The summed E-state index contributed by atoms with van der Waals surface area (Å²) in [5.41, 5.74) is 11.6. The summed E-state index contributed by atoms with van der Waals surface area (Å²) in [6.45, 7) is 8.85. The zero-order valence-corrected chi connectivity index (χ0v) is 20.4. The van der Waals surface area contributed by atoms with Crippen LogP contribution in [-0.4, -0.2) is 31.5 Å². The molecule has 1 amide bonds. The van der Waals surface area contributed by atoms with Gasteiger partial charge in [0, 0.05) is 18.3 Å². The Balaban J connectivity index is 0.000000751. The van der Waals surface area contributed by atoms with Crippen LogP contribution in [0.3, 0.4) is 0 Å². The predicted octanol–water partition coefficient (Wildman–Crippen LogP) is 2.62. The topological polar surface area (TPSA) is 137 Å². The molecule has 0 saturated carbocycles. The van der Waals surface area contributed by atoms with Gasteiger partial charge in [0.15, 0.2) is 0 Å². The lowest BCUT2D eigenvalue weighted by atomic mass is 9.65. The van der Waals surface area contributed by atoms with Gasteiger partial charge in [0.1, 0.15) is 0 Å². The van der Waals surface area contributed by atoms with E-state index in [1.807, 2.05) is 60.7 Å². The van der Waals surface area contributed by atoms with Crippen molar-refractivity contribution in [2.75, 3.05) is 7.11 Å². The maximum atomic E-state index is 12.9. The van der Waals surface area contributed by atoms with Gasteiger partial charge in [-0.25, -0.2) is 8.42 Å². The van der Waals surface area contributed by atoms with Gasteiger partial charge in [0.05, 0.1) is 18.1 Å². The first-order chi connectivity index (χ1) is 14.8. The minimum absolute atomic E-state index is 0.107. The molecule has 2 aromatic rings. The van der Waals surface area contributed by atoms with Crippen LogP contribution < -0.4 is 11.5 Å². The molecule has 0 unspecified atom stereocenters. The van der Waals surface area contributed by atoms with Crippen LogP contribution in [0.2, 0.25) is 0 Å². The van der Waals surface area contributed by atoms with Gasteiger partial charge in [-0.1, -0.05) is 88.4 Å². The average molecular weight is 465 g/mol. The van der Waals surface area contributed by atoms with Gasteiger partial charge in [-0.15, -0.1) is 0 Å². The van der Waals surface area contributed by atoms with Crippen molar-refractivity contribution in [1.82, 2.24) is 0 Å². The van der Waals surface area contributed by atoms with E-state index in [1.54, 1.807) is 0 Å². The third-order valence-corrected chi connectivity index (χ3v) is 6.83. The number of hydrogen-bond donors (Lipinski definition) is 2. The van der Waals surface area contributed by atoms with Gasteiger partial charge >= 0.3 is 0 Å². The normalized spacial score (nSPS) is 12.4. The van der Waals surface area contributed by atoms with E-state index in [0.29, 0.717) is 18.3 Å². The van der Waals surface area contributed by atoms with Crippen LogP contribution >= 0.6 is 0 Å². The van der Waals surface area contributed by atoms with Gasteiger partial charge in [-0.3, -0.25) is 8.98 Å². The monoisotopic (exact) mass is 464 g/mol. The Morgan fingerprint density at radius 3 is 1.53 bits per heavy atom. The van der Waals surface area contributed by atoms with Crippen molar-refractivity contribution in [3.8, 4) is 0 Å². The first kappa shape index (κ1) is 27.8. The second-order valence-electron chi connectivity index (χ2n) is 8.62. The van der Waals surface area contributed by atoms with E-state index < -0.39 is 15.8 Å². The van der Waals surface area contributed by atoms with Gasteiger partial charge in [0.2, 0.25) is 16.3 Å². The molecule has 0 aliphatic rings. The molecule has 0 atom stereocenters. The summed E-state index contributed by atoms with van der Waals surface area (Å²) in [6, 6.07) is 19.8. The van der Waals surface area contributed by atoms with Crippen LogP contribution in [0.5, 0.6) is 0 Å². The first-order valence-electron chi connectivity index (χ1n) is 10.6. The van der Waals surface area contributed by atoms with E-state index in [0.717, 1.165) is 24.7 Å². The number of amides is 1. The molecule has 0 aliphatic carbocycles. The minimum Gasteiger partial charge on any atom is -0.726 e. The Hall–Kier alpha value is -2.26. The molecule has 0 spiro atoms. The third-order valence-electron chi connectivity index (χ3n) is 6.42. The van der Waals surface area contributed by atoms with Crippen LogP contribution in [-0.2, 0) is 24.8 Å². The van der Waals surface area contributed by atoms with Crippen LogP contribution in [0, 0.1) is 11.8 Å². The quantitative estimate of drug-likeness (QED) is 0.434. The Morgan fingerprint density at radius 1 is 0.938 bits per heavy atom. The highest BCUT2D eigenvalue weighted by Gasteiger charge is 2.45. The first-order valence-corrected chi connectivity index (χ1v) is 11.9. The number of rotatable bonds is 9. The molecule has 0 heterocycles. The van der Waals surface area contributed by atoms with Crippen LogP contribution in [0.4, 0.5) is 0 Å². The highest BCUT2D eigenvalue weighted by molar-refractivity contribution is 7.80. The minimum atomic E-state index is -4.41. The zero-order chi connectivity index (χ0) is 24.6. The molecule has 0 bridgehead atoms.